The number of aryl methyl sites for hydroxylation is 1. The van der Waals surface area contributed by atoms with Crippen LogP contribution in [0, 0.1) is 0 Å². The zero-order chi connectivity index (χ0) is 17.8. The van der Waals surface area contributed by atoms with Gasteiger partial charge in [-0.1, -0.05) is 37.3 Å². The Bertz CT molecular complexity index is 960. The molecule has 0 radical (unpaired) electrons. The van der Waals surface area contributed by atoms with Crippen LogP contribution in [0.4, 0.5) is 0 Å². The highest BCUT2D eigenvalue weighted by Gasteiger charge is 2.18. The summed E-state index contributed by atoms with van der Waals surface area (Å²) in [4.78, 5) is 11.4. The van der Waals surface area contributed by atoms with Crippen LogP contribution in [0.15, 0.2) is 83.3 Å². The zero-order valence-corrected chi connectivity index (χ0v) is 14.7. The second-order valence-corrected chi connectivity index (χ2v) is 6.19. The number of H-pyrrole nitrogens is 2. The molecule has 26 heavy (non-hydrogen) atoms. The molecule has 0 bridgehead atoms. The average molecular weight is 343 g/mol. The van der Waals surface area contributed by atoms with Gasteiger partial charge in [0, 0.05) is 23.7 Å². The van der Waals surface area contributed by atoms with Crippen molar-refractivity contribution in [1.82, 2.24) is 9.97 Å². The van der Waals surface area contributed by atoms with E-state index >= 15 is 0 Å². The van der Waals surface area contributed by atoms with Crippen LogP contribution < -0.4 is 0 Å². The van der Waals surface area contributed by atoms with E-state index in [1.54, 1.807) is 0 Å². The van der Waals surface area contributed by atoms with Crippen molar-refractivity contribution in [2.45, 2.75) is 20.0 Å². The van der Waals surface area contributed by atoms with E-state index in [2.05, 4.69) is 41.2 Å². The molecule has 2 N–H and O–H groups in total. The molecule has 0 spiro atoms. The predicted molar refractivity (Wildman–Crippen MR) is 105 cm³/mol. The third-order valence-electron chi connectivity index (χ3n) is 4.31. The van der Waals surface area contributed by atoms with Gasteiger partial charge in [-0.2, -0.15) is 0 Å². The standard InChI is InChI=1S/C22H21N3O/c1-2-17-10-11-18(24-17)13-21-22(26-15-16-7-4-3-5-8-16)14-20(25-21)19-9-6-12-23-19/h3-14,23-24H,2,15H2,1H3/b21-13-. The highest BCUT2D eigenvalue weighted by Crippen LogP contribution is 2.26. The number of ether oxygens (including phenoxy) is 1. The molecule has 1 aromatic carbocycles. The first-order chi connectivity index (χ1) is 12.8. The van der Waals surface area contributed by atoms with E-state index in [4.69, 9.17) is 9.73 Å². The third kappa shape index (κ3) is 3.54. The summed E-state index contributed by atoms with van der Waals surface area (Å²) in [5, 5.41) is 0. The largest absolute Gasteiger partial charge is 0.487 e. The molecule has 1 aliphatic heterocycles. The van der Waals surface area contributed by atoms with Crippen LogP contribution in [0.3, 0.4) is 0 Å². The summed E-state index contributed by atoms with van der Waals surface area (Å²) in [6.07, 6.45) is 6.90. The molecular formula is C22H21N3O. The maximum atomic E-state index is 6.09. The summed E-state index contributed by atoms with van der Waals surface area (Å²) < 4.78 is 6.09. The number of aromatic nitrogens is 2. The molecule has 3 aromatic rings. The van der Waals surface area contributed by atoms with Crippen molar-refractivity contribution in [1.29, 1.82) is 0 Å². The lowest BCUT2D eigenvalue weighted by molar-refractivity contribution is 0.208. The zero-order valence-electron chi connectivity index (χ0n) is 14.7. The first-order valence-electron chi connectivity index (χ1n) is 8.82. The van der Waals surface area contributed by atoms with Crippen LogP contribution in [0.5, 0.6) is 0 Å². The molecule has 0 amide bonds. The number of aromatic amines is 2. The van der Waals surface area contributed by atoms with E-state index in [-0.39, 0.29) is 0 Å². The number of nitrogens with one attached hydrogen (secondary N) is 2. The van der Waals surface area contributed by atoms with Gasteiger partial charge < -0.3 is 14.7 Å². The van der Waals surface area contributed by atoms with Crippen LogP contribution in [0.25, 0.3) is 6.08 Å². The molecule has 3 heterocycles. The quantitative estimate of drug-likeness (QED) is 0.660. The van der Waals surface area contributed by atoms with E-state index in [0.717, 1.165) is 40.5 Å². The van der Waals surface area contributed by atoms with Gasteiger partial charge in [0.25, 0.3) is 0 Å². The highest BCUT2D eigenvalue weighted by atomic mass is 16.5. The lowest BCUT2D eigenvalue weighted by atomic mass is 10.2. The molecule has 0 saturated heterocycles. The number of hydrogen-bond donors (Lipinski definition) is 2. The van der Waals surface area contributed by atoms with Crippen molar-refractivity contribution in [2.24, 2.45) is 4.99 Å². The number of allylic oxidation sites excluding steroid dienone is 1. The first kappa shape index (κ1) is 16.2. The van der Waals surface area contributed by atoms with Crippen LogP contribution >= 0.6 is 0 Å². The van der Waals surface area contributed by atoms with Gasteiger partial charge in [0.2, 0.25) is 0 Å². The van der Waals surface area contributed by atoms with E-state index < -0.39 is 0 Å². The molecule has 0 atom stereocenters. The van der Waals surface area contributed by atoms with E-state index in [1.165, 1.54) is 5.69 Å². The van der Waals surface area contributed by atoms with Crippen molar-refractivity contribution >= 4 is 11.8 Å². The molecule has 4 nitrogen and oxygen atoms in total. The van der Waals surface area contributed by atoms with Crippen LogP contribution in [-0.2, 0) is 17.8 Å². The lowest BCUT2D eigenvalue weighted by Crippen LogP contribution is -1.95. The van der Waals surface area contributed by atoms with Crippen molar-refractivity contribution in [3.63, 3.8) is 0 Å². The van der Waals surface area contributed by atoms with Crippen molar-refractivity contribution in [3.05, 3.63) is 101 Å². The molecule has 0 unspecified atom stereocenters. The Morgan fingerprint density at radius 3 is 2.65 bits per heavy atom. The maximum absolute atomic E-state index is 6.09. The SMILES string of the molecule is CCc1ccc(/C=C2\N=C(c3ccc[nH]3)C=C2OCc2ccccc2)[nH]1. The smallest absolute Gasteiger partial charge is 0.147 e. The van der Waals surface area contributed by atoms with Crippen molar-refractivity contribution in [3.8, 4) is 0 Å². The predicted octanol–water partition coefficient (Wildman–Crippen LogP) is 4.85. The van der Waals surface area contributed by atoms with Gasteiger partial charge in [0.05, 0.1) is 11.4 Å². The maximum Gasteiger partial charge on any atom is 0.147 e. The Balaban J connectivity index is 1.61. The molecule has 2 aromatic heterocycles. The molecule has 0 aliphatic carbocycles. The van der Waals surface area contributed by atoms with Gasteiger partial charge in [-0.3, -0.25) is 0 Å². The molecule has 4 heteroatoms. The summed E-state index contributed by atoms with van der Waals surface area (Å²) >= 11 is 0. The average Bonchev–Trinajstić information content (AvgIpc) is 3.42. The third-order valence-corrected chi connectivity index (χ3v) is 4.31. The Morgan fingerprint density at radius 1 is 1.04 bits per heavy atom. The van der Waals surface area contributed by atoms with E-state index in [9.17, 15) is 0 Å². The Kier molecular flexibility index (Phi) is 4.56. The van der Waals surface area contributed by atoms with Crippen molar-refractivity contribution in [2.75, 3.05) is 0 Å². The summed E-state index contributed by atoms with van der Waals surface area (Å²) in [5.74, 6) is 0.783. The minimum atomic E-state index is 0.516. The van der Waals surface area contributed by atoms with Gasteiger partial charge in [-0.05, 0) is 42.3 Å². The number of hydrogen-bond acceptors (Lipinski definition) is 2. The van der Waals surface area contributed by atoms with Crippen molar-refractivity contribution < 1.29 is 4.74 Å². The molecule has 0 saturated carbocycles. The van der Waals surface area contributed by atoms with Gasteiger partial charge in [0.1, 0.15) is 18.1 Å². The summed E-state index contributed by atoms with van der Waals surface area (Å²) in [5.41, 5.74) is 6.06. The number of benzene rings is 1. The fraction of sp³-hybridized carbons (Fsp3) is 0.136. The van der Waals surface area contributed by atoms with E-state index in [1.807, 2.05) is 48.7 Å². The monoisotopic (exact) mass is 343 g/mol. The fourth-order valence-corrected chi connectivity index (χ4v) is 2.89. The fourth-order valence-electron chi connectivity index (χ4n) is 2.89. The molecular weight excluding hydrogens is 322 g/mol. The molecule has 130 valence electrons. The number of aliphatic imine (C=N–C) groups is 1. The normalized spacial score (nSPS) is 15.2. The van der Waals surface area contributed by atoms with E-state index in [0.29, 0.717) is 6.61 Å². The summed E-state index contributed by atoms with van der Waals surface area (Å²) in [7, 11) is 0. The second kappa shape index (κ2) is 7.31. The minimum Gasteiger partial charge on any atom is -0.487 e. The van der Waals surface area contributed by atoms with Crippen LogP contribution in [0.1, 0.15) is 29.6 Å². The topological polar surface area (TPSA) is 53.2 Å². The molecule has 4 rings (SSSR count). The number of rotatable bonds is 6. The van der Waals surface area contributed by atoms with Gasteiger partial charge in [-0.25, -0.2) is 4.99 Å². The van der Waals surface area contributed by atoms with Gasteiger partial charge in [0.15, 0.2) is 0 Å². The van der Waals surface area contributed by atoms with Crippen LogP contribution in [0.2, 0.25) is 0 Å². The minimum absolute atomic E-state index is 0.516. The first-order valence-corrected chi connectivity index (χ1v) is 8.82. The Hall–Kier alpha value is -3.27. The Labute approximate surface area is 153 Å². The second-order valence-electron chi connectivity index (χ2n) is 6.19. The molecule has 0 fully saturated rings. The van der Waals surface area contributed by atoms with Crippen LogP contribution in [-0.4, -0.2) is 15.7 Å². The highest BCUT2D eigenvalue weighted by molar-refractivity contribution is 6.11. The van der Waals surface area contributed by atoms with Gasteiger partial charge in [-0.15, -0.1) is 0 Å². The molecule has 1 aliphatic rings. The summed E-state index contributed by atoms with van der Waals surface area (Å²) in [6, 6.07) is 18.3. The number of nitrogens with zero attached hydrogens (tertiary/aromatic N) is 1. The van der Waals surface area contributed by atoms with Gasteiger partial charge >= 0.3 is 0 Å². The Morgan fingerprint density at radius 2 is 1.92 bits per heavy atom. The summed E-state index contributed by atoms with van der Waals surface area (Å²) in [6.45, 7) is 2.65. The lowest BCUT2D eigenvalue weighted by Gasteiger charge is -2.07.